The lowest BCUT2D eigenvalue weighted by Crippen LogP contribution is -2.52. The van der Waals surface area contributed by atoms with Gasteiger partial charge in [-0.1, -0.05) is 24.3 Å². The van der Waals surface area contributed by atoms with E-state index in [1.54, 1.807) is 13.4 Å². The van der Waals surface area contributed by atoms with Crippen molar-refractivity contribution < 1.29 is 4.74 Å². The zero-order valence-electron chi connectivity index (χ0n) is 18.5. The van der Waals surface area contributed by atoms with E-state index < -0.39 is 0 Å². The van der Waals surface area contributed by atoms with Gasteiger partial charge in [-0.15, -0.1) is 34.2 Å². The molecule has 3 aromatic rings. The van der Waals surface area contributed by atoms with Crippen molar-refractivity contribution in [2.75, 3.05) is 44.7 Å². The maximum absolute atomic E-state index is 5.37. The summed E-state index contributed by atoms with van der Waals surface area (Å²) in [6, 6.07) is 18.3. The Morgan fingerprint density at radius 1 is 1.03 bits per heavy atom. The van der Waals surface area contributed by atoms with E-state index in [-0.39, 0.29) is 24.0 Å². The third-order valence-corrected chi connectivity index (χ3v) is 5.36. The summed E-state index contributed by atoms with van der Waals surface area (Å²) in [5.74, 6) is 2.62. The lowest BCUT2D eigenvalue weighted by atomic mass is 10.2. The predicted octanol–water partition coefficient (Wildman–Crippen LogP) is 3.18. The number of hydrogen-bond acceptors (Lipinski definition) is 5. The molecule has 2 aromatic carbocycles. The highest BCUT2D eigenvalue weighted by atomic mass is 127. The van der Waals surface area contributed by atoms with Crippen molar-refractivity contribution in [1.29, 1.82) is 0 Å². The number of rotatable bonds is 6. The highest BCUT2D eigenvalue weighted by Gasteiger charge is 2.20. The van der Waals surface area contributed by atoms with E-state index >= 15 is 0 Å². The normalized spacial score (nSPS) is 14.1. The van der Waals surface area contributed by atoms with Crippen LogP contribution in [0.3, 0.4) is 0 Å². The average molecular weight is 547 g/mol. The van der Waals surface area contributed by atoms with E-state index in [1.165, 1.54) is 5.69 Å². The number of nitrogens with zero attached hydrogens (tertiary/aromatic N) is 6. The zero-order chi connectivity index (χ0) is 21.5. The second-order valence-electron chi connectivity index (χ2n) is 7.30. The molecule has 0 spiro atoms. The van der Waals surface area contributed by atoms with Crippen molar-refractivity contribution in [3.8, 4) is 11.4 Å². The summed E-state index contributed by atoms with van der Waals surface area (Å²) in [6.07, 6.45) is 1.74. The molecule has 1 aromatic heterocycles. The molecule has 1 N–H and O–H groups in total. The van der Waals surface area contributed by atoms with Crippen LogP contribution in [0.25, 0.3) is 5.69 Å². The molecular weight excluding hydrogens is 517 g/mol. The molecule has 8 nitrogen and oxygen atoms in total. The predicted molar refractivity (Wildman–Crippen MR) is 138 cm³/mol. The molecule has 1 saturated heterocycles. The number of ether oxygens (including phenoxy) is 1. The SMILES string of the molecule is CCNC(=NCc1nncn1-c1ccccc1)N1CCN(c2cccc(OC)c2)CC1.I. The first-order chi connectivity index (χ1) is 15.3. The Hall–Kier alpha value is -2.82. The minimum atomic E-state index is 0. The molecule has 1 aliphatic rings. The molecule has 0 radical (unpaired) electrons. The fraction of sp³-hybridized carbons (Fsp3) is 0.348. The van der Waals surface area contributed by atoms with Gasteiger partial charge in [0.15, 0.2) is 11.8 Å². The lowest BCUT2D eigenvalue weighted by molar-refractivity contribution is 0.371. The van der Waals surface area contributed by atoms with E-state index in [0.29, 0.717) is 6.54 Å². The first kappa shape index (κ1) is 23.8. The molecule has 0 aliphatic carbocycles. The van der Waals surface area contributed by atoms with E-state index in [0.717, 1.165) is 55.9 Å². The number of halogens is 1. The van der Waals surface area contributed by atoms with E-state index in [9.17, 15) is 0 Å². The Bertz CT molecular complexity index is 1000. The minimum absolute atomic E-state index is 0. The molecule has 32 heavy (non-hydrogen) atoms. The molecule has 2 heterocycles. The molecule has 0 amide bonds. The summed E-state index contributed by atoms with van der Waals surface area (Å²) < 4.78 is 7.35. The maximum Gasteiger partial charge on any atom is 0.194 e. The Balaban J connectivity index is 0.00000289. The summed E-state index contributed by atoms with van der Waals surface area (Å²) in [5.41, 5.74) is 2.23. The van der Waals surface area contributed by atoms with Crippen molar-refractivity contribution in [3.63, 3.8) is 0 Å². The van der Waals surface area contributed by atoms with Gasteiger partial charge in [0.1, 0.15) is 18.6 Å². The van der Waals surface area contributed by atoms with Gasteiger partial charge in [0, 0.05) is 50.2 Å². The van der Waals surface area contributed by atoms with Crippen LogP contribution in [0, 0.1) is 0 Å². The molecule has 4 rings (SSSR count). The molecule has 0 unspecified atom stereocenters. The zero-order valence-corrected chi connectivity index (χ0v) is 20.8. The number of nitrogens with one attached hydrogen (secondary N) is 1. The largest absolute Gasteiger partial charge is 0.497 e. The van der Waals surface area contributed by atoms with Crippen LogP contribution in [0.15, 0.2) is 65.9 Å². The monoisotopic (exact) mass is 547 g/mol. The number of aromatic nitrogens is 3. The third-order valence-electron chi connectivity index (χ3n) is 5.36. The molecule has 0 bridgehead atoms. The average Bonchev–Trinajstić information content (AvgIpc) is 3.31. The lowest BCUT2D eigenvalue weighted by Gasteiger charge is -2.37. The summed E-state index contributed by atoms with van der Waals surface area (Å²) >= 11 is 0. The van der Waals surface area contributed by atoms with Crippen LogP contribution < -0.4 is 15.0 Å². The third kappa shape index (κ3) is 5.70. The highest BCUT2D eigenvalue weighted by molar-refractivity contribution is 14.0. The second-order valence-corrected chi connectivity index (χ2v) is 7.30. The maximum atomic E-state index is 5.37. The van der Waals surface area contributed by atoms with Crippen LogP contribution in [0.5, 0.6) is 5.75 Å². The van der Waals surface area contributed by atoms with Gasteiger partial charge in [-0.05, 0) is 31.2 Å². The van der Waals surface area contributed by atoms with Gasteiger partial charge in [0.05, 0.1) is 7.11 Å². The van der Waals surface area contributed by atoms with Crippen LogP contribution in [0.2, 0.25) is 0 Å². The van der Waals surface area contributed by atoms with Gasteiger partial charge in [0.2, 0.25) is 0 Å². The summed E-state index contributed by atoms with van der Waals surface area (Å²) in [7, 11) is 1.70. The van der Waals surface area contributed by atoms with Crippen LogP contribution in [-0.4, -0.2) is 65.5 Å². The molecule has 1 aliphatic heterocycles. The topological polar surface area (TPSA) is 70.8 Å². The Labute approximate surface area is 206 Å². The van der Waals surface area contributed by atoms with Crippen LogP contribution >= 0.6 is 24.0 Å². The number of benzene rings is 2. The van der Waals surface area contributed by atoms with Crippen LogP contribution in [-0.2, 0) is 6.54 Å². The van der Waals surface area contributed by atoms with Gasteiger partial charge in [-0.2, -0.15) is 0 Å². The van der Waals surface area contributed by atoms with Crippen LogP contribution in [0.4, 0.5) is 5.69 Å². The summed E-state index contributed by atoms with van der Waals surface area (Å²) in [6.45, 7) is 7.03. The van der Waals surface area contributed by atoms with Gasteiger partial charge in [0.25, 0.3) is 0 Å². The second kappa shape index (κ2) is 11.7. The number of aliphatic imine (C=N–C) groups is 1. The molecular formula is C23H30IN7O. The van der Waals surface area contributed by atoms with Crippen molar-refractivity contribution in [1.82, 2.24) is 25.0 Å². The quantitative estimate of drug-likeness (QED) is 0.291. The minimum Gasteiger partial charge on any atom is -0.497 e. The van der Waals surface area contributed by atoms with Gasteiger partial charge >= 0.3 is 0 Å². The number of hydrogen-bond donors (Lipinski definition) is 1. The van der Waals surface area contributed by atoms with Crippen molar-refractivity contribution in [2.24, 2.45) is 4.99 Å². The number of piperazine rings is 1. The fourth-order valence-electron chi connectivity index (χ4n) is 3.73. The smallest absolute Gasteiger partial charge is 0.194 e. The first-order valence-electron chi connectivity index (χ1n) is 10.6. The Morgan fingerprint density at radius 2 is 1.78 bits per heavy atom. The highest BCUT2D eigenvalue weighted by Crippen LogP contribution is 2.22. The van der Waals surface area contributed by atoms with Crippen molar-refractivity contribution in [2.45, 2.75) is 13.5 Å². The van der Waals surface area contributed by atoms with E-state index in [2.05, 4.69) is 44.4 Å². The van der Waals surface area contributed by atoms with Gasteiger partial charge in [-0.25, -0.2) is 4.99 Å². The van der Waals surface area contributed by atoms with E-state index in [4.69, 9.17) is 9.73 Å². The number of para-hydroxylation sites is 1. The Kier molecular flexibility index (Phi) is 8.72. The van der Waals surface area contributed by atoms with Crippen molar-refractivity contribution >= 4 is 35.6 Å². The molecule has 9 heteroatoms. The number of guanidine groups is 1. The standard InChI is InChI=1S/C23H29N7O.HI/c1-3-24-23(25-17-22-27-26-18-30(22)19-8-5-4-6-9-19)29-14-12-28(13-15-29)20-10-7-11-21(16-20)31-2;/h4-11,16,18H,3,12-15,17H2,1-2H3,(H,24,25);1H. The number of methoxy groups -OCH3 is 1. The fourth-order valence-corrected chi connectivity index (χ4v) is 3.73. The molecule has 1 fully saturated rings. The first-order valence-corrected chi connectivity index (χ1v) is 10.6. The Morgan fingerprint density at radius 3 is 2.50 bits per heavy atom. The molecule has 170 valence electrons. The van der Waals surface area contributed by atoms with E-state index in [1.807, 2.05) is 47.0 Å². The molecule has 0 atom stereocenters. The summed E-state index contributed by atoms with van der Waals surface area (Å²) in [4.78, 5) is 9.55. The van der Waals surface area contributed by atoms with Gasteiger partial charge < -0.3 is 19.9 Å². The summed E-state index contributed by atoms with van der Waals surface area (Å²) in [5, 5.41) is 11.8. The number of anilines is 1. The molecule has 0 saturated carbocycles. The van der Waals surface area contributed by atoms with Crippen molar-refractivity contribution in [3.05, 3.63) is 66.7 Å². The van der Waals surface area contributed by atoms with Gasteiger partial charge in [-0.3, -0.25) is 4.57 Å². The van der Waals surface area contributed by atoms with Crippen LogP contribution in [0.1, 0.15) is 12.7 Å².